The van der Waals surface area contributed by atoms with Crippen molar-refractivity contribution >= 4 is 18.4 Å². The largest absolute Gasteiger partial charge is 0.492 e. The second kappa shape index (κ2) is 6.39. The van der Waals surface area contributed by atoms with E-state index in [4.69, 9.17) is 4.65 Å². The molecule has 1 spiro atoms. The first-order chi connectivity index (χ1) is 13.6. The van der Waals surface area contributed by atoms with Gasteiger partial charge in [0.15, 0.2) is 11.5 Å². The van der Waals surface area contributed by atoms with Gasteiger partial charge in [-0.25, -0.2) is 4.68 Å². The van der Waals surface area contributed by atoms with E-state index in [2.05, 4.69) is 10.3 Å². The number of Topliss-reactive ketones (excluding diaryl/α,β-unsaturated/α-hetero) is 1. The molecule has 0 unspecified atom stereocenters. The first-order valence-corrected chi connectivity index (χ1v) is 9.57. The minimum Gasteiger partial charge on any atom is -0.423 e. The third kappa shape index (κ3) is 2.62. The lowest BCUT2D eigenvalue weighted by Crippen LogP contribution is -2.35. The zero-order chi connectivity index (χ0) is 19.3. The number of ketones is 1. The van der Waals surface area contributed by atoms with Crippen molar-refractivity contribution in [1.29, 1.82) is 0 Å². The SMILES string of the molecule is Cc1c(C(=O)Cc2ccc3c(c2)B(O)OC32CCC2)nnn1-c1ccccc1. The van der Waals surface area contributed by atoms with Gasteiger partial charge in [-0.3, -0.25) is 4.79 Å². The van der Waals surface area contributed by atoms with Gasteiger partial charge in [0.1, 0.15) is 0 Å². The fourth-order valence-corrected chi connectivity index (χ4v) is 4.24. The number of hydrogen-bond acceptors (Lipinski definition) is 5. The molecule has 1 aliphatic carbocycles. The zero-order valence-corrected chi connectivity index (χ0v) is 15.6. The Morgan fingerprint density at radius 2 is 2.04 bits per heavy atom. The van der Waals surface area contributed by atoms with Crippen LogP contribution in [0.15, 0.2) is 48.5 Å². The number of carbonyl (C=O) groups excluding carboxylic acids is 1. The predicted octanol–water partition coefficient (Wildman–Crippen LogP) is 2.10. The van der Waals surface area contributed by atoms with Crippen molar-refractivity contribution in [2.45, 2.75) is 38.2 Å². The molecule has 2 aliphatic rings. The van der Waals surface area contributed by atoms with Crippen molar-refractivity contribution in [2.75, 3.05) is 0 Å². The van der Waals surface area contributed by atoms with E-state index >= 15 is 0 Å². The van der Waals surface area contributed by atoms with Crippen LogP contribution in [0.25, 0.3) is 5.69 Å². The van der Waals surface area contributed by atoms with Gasteiger partial charge in [-0.1, -0.05) is 41.6 Å². The number of para-hydroxylation sites is 1. The van der Waals surface area contributed by atoms with Crippen LogP contribution in [0.1, 0.15) is 46.6 Å². The number of carbonyl (C=O) groups is 1. The lowest BCUT2D eigenvalue weighted by molar-refractivity contribution is -0.0152. The van der Waals surface area contributed by atoms with Crippen molar-refractivity contribution in [1.82, 2.24) is 15.0 Å². The van der Waals surface area contributed by atoms with Gasteiger partial charge in [-0.15, -0.1) is 5.10 Å². The third-order valence-electron chi connectivity index (χ3n) is 5.90. The summed E-state index contributed by atoms with van der Waals surface area (Å²) in [4.78, 5) is 12.8. The molecule has 7 heteroatoms. The molecule has 2 aromatic carbocycles. The van der Waals surface area contributed by atoms with E-state index in [1.54, 1.807) is 4.68 Å². The number of aromatic nitrogens is 3. The van der Waals surface area contributed by atoms with Crippen LogP contribution in [0.2, 0.25) is 0 Å². The smallest absolute Gasteiger partial charge is 0.423 e. The summed E-state index contributed by atoms with van der Waals surface area (Å²) >= 11 is 0. The molecule has 1 aromatic heterocycles. The van der Waals surface area contributed by atoms with E-state index in [1.807, 2.05) is 55.5 Å². The maximum atomic E-state index is 12.8. The van der Waals surface area contributed by atoms with E-state index in [9.17, 15) is 9.82 Å². The second-order valence-corrected chi connectivity index (χ2v) is 7.61. The van der Waals surface area contributed by atoms with Crippen LogP contribution in [0, 0.1) is 6.92 Å². The average Bonchev–Trinajstić information content (AvgIpc) is 3.20. The topological polar surface area (TPSA) is 77.2 Å². The van der Waals surface area contributed by atoms with Crippen LogP contribution in [-0.2, 0) is 16.7 Å². The highest BCUT2D eigenvalue weighted by Crippen LogP contribution is 2.47. The van der Waals surface area contributed by atoms with Crippen LogP contribution in [-0.4, -0.2) is 32.9 Å². The molecule has 6 nitrogen and oxygen atoms in total. The van der Waals surface area contributed by atoms with E-state index < -0.39 is 7.12 Å². The number of nitrogens with zero attached hydrogens (tertiary/aromatic N) is 3. The van der Waals surface area contributed by atoms with Crippen LogP contribution >= 0.6 is 0 Å². The standard InChI is InChI=1S/C21H20BN3O3/c1-14-20(23-24-25(14)16-6-3-2-4-7-16)19(26)13-15-8-9-17-18(12-15)22(27)28-21(17)10-5-11-21/h2-4,6-9,12,27H,5,10-11,13H2,1H3. The Bertz CT molecular complexity index is 1060. The monoisotopic (exact) mass is 373 g/mol. The van der Waals surface area contributed by atoms with Gasteiger partial charge in [-0.05, 0) is 54.9 Å². The number of benzene rings is 2. The molecule has 0 saturated heterocycles. The molecular weight excluding hydrogens is 353 g/mol. The third-order valence-corrected chi connectivity index (χ3v) is 5.90. The fourth-order valence-electron chi connectivity index (χ4n) is 4.24. The molecule has 3 aromatic rings. The van der Waals surface area contributed by atoms with Gasteiger partial charge in [-0.2, -0.15) is 0 Å². The molecule has 2 heterocycles. The maximum absolute atomic E-state index is 12.8. The van der Waals surface area contributed by atoms with E-state index in [1.165, 1.54) is 0 Å². The molecule has 1 aliphatic heterocycles. The summed E-state index contributed by atoms with van der Waals surface area (Å²) in [6, 6.07) is 15.5. The average molecular weight is 373 g/mol. The Morgan fingerprint density at radius 1 is 1.25 bits per heavy atom. The Labute approximate surface area is 163 Å². The van der Waals surface area contributed by atoms with Crippen LogP contribution in [0.5, 0.6) is 0 Å². The number of hydrogen-bond donors (Lipinski definition) is 1. The molecule has 28 heavy (non-hydrogen) atoms. The van der Waals surface area contributed by atoms with Gasteiger partial charge in [0, 0.05) is 6.42 Å². The first-order valence-electron chi connectivity index (χ1n) is 9.57. The summed E-state index contributed by atoms with van der Waals surface area (Å²) in [7, 11) is -0.911. The van der Waals surface area contributed by atoms with Crippen molar-refractivity contribution in [3.05, 3.63) is 71.0 Å². The summed E-state index contributed by atoms with van der Waals surface area (Å²) in [5.74, 6) is -0.0913. The molecule has 0 radical (unpaired) electrons. The normalized spacial score (nSPS) is 16.9. The van der Waals surface area contributed by atoms with Gasteiger partial charge >= 0.3 is 7.12 Å². The van der Waals surface area contributed by atoms with Gasteiger partial charge in [0.25, 0.3) is 0 Å². The molecule has 0 atom stereocenters. The number of fused-ring (bicyclic) bond motifs is 2. The first kappa shape index (κ1) is 17.3. The molecule has 0 amide bonds. The summed E-state index contributed by atoms with van der Waals surface area (Å²) in [6.45, 7) is 1.85. The predicted molar refractivity (Wildman–Crippen MR) is 105 cm³/mol. The Hall–Kier alpha value is -2.77. The van der Waals surface area contributed by atoms with Crippen LogP contribution < -0.4 is 5.46 Å². The van der Waals surface area contributed by atoms with Gasteiger partial charge in [0.05, 0.1) is 17.0 Å². The highest BCUT2D eigenvalue weighted by Gasteiger charge is 2.50. The number of rotatable bonds is 4. The van der Waals surface area contributed by atoms with Crippen molar-refractivity contribution in [3.8, 4) is 5.69 Å². The lowest BCUT2D eigenvalue weighted by Gasteiger charge is -2.39. The van der Waals surface area contributed by atoms with Crippen LogP contribution in [0.3, 0.4) is 0 Å². The quantitative estimate of drug-likeness (QED) is 0.560. The van der Waals surface area contributed by atoms with E-state index in [-0.39, 0.29) is 17.8 Å². The highest BCUT2D eigenvalue weighted by molar-refractivity contribution is 6.62. The minimum atomic E-state index is -0.911. The zero-order valence-electron chi connectivity index (χ0n) is 15.6. The summed E-state index contributed by atoms with van der Waals surface area (Å²) in [5.41, 5.74) is 4.34. The van der Waals surface area contributed by atoms with E-state index in [0.717, 1.165) is 41.5 Å². The van der Waals surface area contributed by atoms with Crippen LogP contribution in [0.4, 0.5) is 0 Å². The molecule has 0 bridgehead atoms. The second-order valence-electron chi connectivity index (χ2n) is 7.61. The summed E-state index contributed by atoms with van der Waals surface area (Å²) < 4.78 is 7.49. The van der Waals surface area contributed by atoms with Gasteiger partial charge < -0.3 is 9.68 Å². The lowest BCUT2D eigenvalue weighted by atomic mass is 9.72. The molecule has 1 fully saturated rings. The molecule has 1 saturated carbocycles. The maximum Gasteiger partial charge on any atom is 0.492 e. The molecule has 5 rings (SSSR count). The van der Waals surface area contributed by atoms with Gasteiger partial charge in [0.2, 0.25) is 0 Å². The summed E-state index contributed by atoms with van der Waals surface area (Å²) in [6.07, 6.45) is 3.21. The summed E-state index contributed by atoms with van der Waals surface area (Å²) in [5, 5.41) is 18.6. The fraction of sp³-hybridized carbons (Fsp3) is 0.286. The van der Waals surface area contributed by atoms with Crippen molar-refractivity contribution < 1.29 is 14.5 Å². The Balaban J connectivity index is 1.40. The molecule has 140 valence electrons. The van der Waals surface area contributed by atoms with Crippen molar-refractivity contribution in [2.24, 2.45) is 0 Å². The Morgan fingerprint density at radius 3 is 2.75 bits per heavy atom. The highest BCUT2D eigenvalue weighted by atomic mass is 16.5. The van der Waals surface area contributed by atoms with Crippen molar-refractivity contribution in [3.63, 3.8) is 0 Å². The Kier molecular flexibility index (Phi) is 3.96. The van der Waals surface area contributed by atoms with E-state index in [0.29, 0.717) is 11.4 Å². The minimum absolute atomic E-state index is 0.0913. The molecule has 1 N–H and O–H groups in total. The molecular formula is C21H20BN3O3.